The first-order valence-corrected chi connectivity index (χ1v) is 10.9. The third kappa shape index (κ3) is 6.32. The van der Waals surface area contributed by atoms with Gasteiger partial charge in [-0.05, 0) is 55.0 Å². The number of ether oxygens (including phenoxy) is 1. The van der Waals surface area contributed by atoms with Gasteiger partial charge >= 0.3 is 6.18 Å². The van der Waals surface area contributed by atoms with Crippen molar-refractivity contribution in [3.05, 3.63) is 58.6 Å². The lowest BCUT2D eigenvalue weighted by atomic mass is 10.1. The molecule has 34 heavy (non-hydrogen) atoms. The highest BCUT2D eigenvalue weighted by molar-refractivity contribution is 7.99. The number of nitrogens with one attached hydrogen (secondary N) is 2. The third-order valence-corrected chi connectivity index (χ3v) is 5.67. The summed E-state index contributed by atoms with van der Waals surface area (Å²) in [6.45, 7) is 1.78. The van der Waals surface area contributed by atoms with E-state index in [0.29, 0.717) is 11.5 Å². The molecule has 1 amide bonds. The minimum absolute atomic E-state index is 0.0232. The molecule has 0 radical (unpaired) electrons. The number of halogens is 4. The molecule has 3 aromatic rings. The number of anilines is 2. The molecule has 0 spiro atoms. The van der Waals surface area contributed by atoms with Gasteiger partial charge in [0.1, 0.15) is 5.75 Å². The van der Waals surface area contributed by atoms with Crippen LogP contribution in [0.4, 0.5) is 24.8 Å². The molecule has 180 valence electrons. The van der Waals surface area contributed by atoms with Gasteiger partial charge < -0.3 is 15.9 Å². The van der Waals surface area contributed by atoms with Crippen LogP contribution in [-0.2, 0) is 11.0 Å². The number of carbonyl (C=O) groups is 1. The highest BCUT2D eigenvalue weighted by atomic mass is 35.5. The van der Waals surface area contributed by atoms with Crippen LogP contribution in [0.5, 0.6) is 5.75 Å². The molecule has 0 fully saturated rings. The quantitative estimate of drug-likeness (QED) is 0.178. The van der Waals surface area contributed by atoms with Crippen molar-refractivity contribution >= 4 is 46.6 Å². The molecule has 0 saturated heterocycles. The molecule has 0 aliphatic carbocycles. The van der Waals surface area contributed by atoms with Crippen LogP contribution in [0, 0.1) is 0 Å². The van der Waals surface area contributed by atoms with Crippen LogP contribution in [0.3, 0.4) is 0 Å². The second kappa shape index (κ2) is 10.7. The van der Waals surface area contributed by atoms with Gasteiger partial charge in [0.05, 0.1) is 34.8 Å². The second-order valence-corrected chi connectivity index (χ2v) is 8.09. The van der Waals surface area contributed by atoms with Gasteiger partial charge in [-0.1, -0.05) is 23.4 Å². The maximum absolute atomic E-state index is 12.9. The van der Waals surface area contributed by atoms with Crippen LogP contribution >= 0.6 is 23.4 Å². The third-order valence-electron chi connectivity index (χ3n) is 4.40. The highest BCUT2D eigenvalue weighted by Gasteiger charge is 2.31. The summed E-state index contributed by atoms with van der Waals surface area (Å²) in [4.78, 5) is 12.2. The van der Waals surface area contributed by atoms with E-state index in [0.717, 1.165) is 40.2 Å². The summed E-state index contributed by atoms with van der Waals surface area (Å²) in [5.41, 5.74) is 3.11. The van der Waals surface area contributed by atoms with E-state index in [1.54, 1.807) is 26.2 Å². The first-order valence-electron chi connectivity index (χ1n) is 9.53. The van der Waals surface area contributed by atoms with E-state index in [-0.39, 0.29) is 27.6 Å². The van der Waals surface area contributed by atoms with Crippen molar-refractivity contribution in [2.24, 2.45) is 5.10 Å². The van der Waals surface area contributed by atoms with Crippen molar-refractivity contribution in [2.45, 2.75) is 18.3 Å². The van der Waals surface area contributed by atoms with E-state index in [1.807, 2.05) is 12.1 Å². The number of aromatic nitrogens is 3. The van der Waals surface area contributed by atoms with Gasteiger partial charge in [-0.3, -0.25) is 4.79 Å². The lowest BCUT2D eigenvalue weighted by Gasteiger charge is -2.11. The van der Waals surface area contributed by atoms with Gasteiger partial charge in [-0.2, -0.15) is 18.3 Å². The summed E-state index contributed by atoms with van der Waals surface area (Å²) in [7, 11) is 1.57. The molecule has 0 bridgehead atoms. The number of alkyl halides is 3. The average Bonchev–Trinajstić information content (AvgIpc) is 3.16. The van der Waals surface area contributed by atoms with Crippen molar-refractivity contribution in [1.29, 1.82) is 0 Å². The first kappa shape index (κ1) is 25.2. The summed E-state index contributed by atoms with van der Waals surface area (Å²) in [6.07, 6.45) is -4.56. The topological polar surface area (TPSA) is 119 Å². The fourth-order valence-electron chi connectivity index (χ4n) is 2.60. The highest BCUT2D eigenvalue weighted by Crippen LogP contribution is 2.34. The molecular weight excluding hydrogens is 495 g/mol. The van der Waals surface area contributed by atoms with Gasteiger partial charge in [0, 0.05) is 0 Å². The van der Waals surface area contributed by atoms with Gasteiger partial charge in [0.25, 0.3) is 5.95 Å². The van der Waals surface area contributed by atoms with E-state index in [9.17, 15) is 18.0 Å². The minimum Gasteiger partial charge on any atom is -0.497 e. The molecule has 2 aromatic carbocycles. The van der Waals surface area contributed by atoms with Crippen LogP contribution < -0.4 is 21.3 Å². The Balaban J connectivity index is 1.59. The number of hydrogen-bond acceptors (Lipinski definition) is 8. The summed E-state index contributed by atoms with van der Waals surface area (Å²) < 4.78 is 44.9. The molecule has 0 aliphatic rings. The Kier molecular flexibility index (Phi) is 7.89. The van der Waals surface area contributed by atoms with E-state index >= 15 is 0 Å². The molecule has 4 N–H and O–H groups in total. The van der Waals surface area contributed by atoms with E-state index in [2.05, 4.69) is 26.0 Å². The molecule has 0 aliphatic heterocycles. The number of amides is 1. The number of methoxy groups -OCH3 is 1. The molecule has 1 aromatic heterocycles. The largest absolute Gasteiger partial charge is 0.497 e. The van der Waals surface area contributed by atoms with Crippen molar-refractivity contribution in [3.63, 3.8) is 0 Å². The normalized spacial score (nSPS) is 11.9. The van der Waals surface area contributed by atoms with Gasteiger partial charge in [0.15, 0.2) is 0 Å². The molecule has 14 heteroatoms. The Labute approximate surface area is 201 Å². The molecule has 0 unspecified atom stereocenters. The lowest BCUT2D eigenvalue weighted by Crippen LogP contribution is -2.17. The standard InChI is InChI=1S/C20H19ClF3N7O2S/c1-11(12-3-6-14(33-2)7-4-12)27-28-18-29-30-19(31(18)25)34-10-17(32)26-16-9-13(20(22,23)24)5-8-15(16)21/h3-9H,10,25H2,1-2H3,(H,26,32)(H,28,29)/b27-11+. The zero-order valence-corrected chi connectivity index (χ0v) is 19.4. The van der Waals surface area contributed by atoms with Crippen molar-refractivity contribution < 1.29 is 22.7 Å². The number of thioether (sulfide) groups is 1. The number of hydrazone groups is 1. The number of nitrogen functional groups attached to an aromatic ring is 1. The Hall–Kier alpha value is -3.45. The molecule has 9 nitrogen and oxygen atoms in total. The second-order valence-electron chi connectivity index (χ2n) is 6.74. The number of carbonyl (C=O) groups excluding carboxylic acids is 1. The smallest absolute Gasteiger partial charge is 0.416 e. The zero-order chi connectivity index (χ0) is 24.9. The van der Waals surface area contributed by atoms with Crippen LogP contribution in [0.25, 0.3) is 0 Å². The number of benzene rings is 2. The van der Waals surface area contributed by atoms with Crippen molar-refractivity contribution in [3.8, 4) is 5.75 Å². The molecular formula is C20H19ClF3N7O2S. The number of hydrogen-bond donors (Lipinski definition) is 3. The zero-order valence-electron chi connectivity index (χ0n) is 17.9. The Morgan fingerprint density at radius 3 is 2.59 bits per heavy atom. The minimum atomic E-state index is -4.56. The van der Waals surface area contributed by atoms with Gasteiger partial charge in [0.2, 0.25) is 11.1 Å². The van der Waals surface area contributed by atoms with Crippen LogP contribution in [0.15, 0.2) is 52.7 Å². The van der Waals surface area contributed by atoms with E-state index in [1.165, 1.54) is 0 Å². The number of nitrogens with zero attached hydrogens (tertiary/aromatic N) is 4. The summed E-state index contributed by atoms with van der Waals surface area (Å²) in [5.74, 6) is 5.98. The van der Waals surface area contributed by atoms with E-state index in [4.69, 9.17) is 22.2 Å². The molecule has 1 heterocycles. The van der Waals surface area contributed by atoms with Crippen molar-refractivity contribution in [2.75, 3.05) is 29.4 Å². The average molecular weight is 514 g/mol. The molecule has 0 atom stereocenters. The summed E-state index contributed by atoms with van der Waals surface area (Å²) >= 11 is 6.82. The fourth-order valence-corrected chi connectivity index (χ4v) is 3.42. The Morgan fingerprint density at radius 1 is 1.24 bits per heavy atom. The van der Waals surface area contributed by atoms with Crippen LogP contribution in [-0.4, -0.2) is 39.4 Å². The Morgan fingerprint density at radius 2 is 1.94 bits per heavy atom. The van der Waals surface area contributed by atoms with Crippen LogP contribution in [0.1, 0.15) is 18.1 Å². The maximum Gasteiger partial charge on any atom is 0.416 e. The summed E-state index contributed by atoms with van der Waals surface area (Å²) in [6, 6.07) is 9.93. The maximum atomic E-state index is 12.9. The predicted molar refractivity (Wildman–Crippen MR) is 125 cm³/mol. The Bertz CT molecular complexity index is 1200. The van der Waals surface area contributed by atoms with Crippen LogP contribution in [0.2, 0.25) is 5.02 Å². The van der Waals surface area contributed by atoms with Gasteiger partial charge in [-0.25, -0.2) is 10.1 Å². The summed E-state index contributed by atoms with van der Waals surface area (Å²) in [5, 5.41) is 14.5. The number of nitrogens with two attached hydrogens (primary N) is 1. The molecule has 0 saturated carbocycles. The fraction of sp³-hybridized carbons (Fsp3) is 0.200. The monoisotopic (exact) mass is 513 g/mol. The SMILES string of the molecule is COc1ccc(/C(C)=N/Nc2nnc(SCC(=O)Nc3cc(C(F)(F)F)ccc3Cl)n2N)cc1. The molecule has 3 rings (SSSR count). The first-order chi connectivity index (χ1) is 16.1. The lowest BCUT2D eigenvalue weighted by molar-refractivity contribution is -0.137. The van der Waals surface area contributed by atoms with Crippen molar-refractivity contribution in [1.82, 2.24) is 14.9 Å². The predicted octanol–water partition coefficient (Wildman–Crippen LogP) is 4.24. The van der Waals surface area contributed by atoms with E-state index < -0.39 is 17.6 Å². The number of rotatable bonds is 8. The van der Waals surface area contributed by atoms with Gasteiger partial charge in [-0.15, -0.1) is 10.2 Å².